The van der Waals surface area contributed by atoms with E-state index in [1.54, 1.807) is 30.3 Å². The number of carbonyl (C=O) groups is 2. The zero-order valence-corrected chi connectivity index (χ0v) is 26.4. The molecular weight excluding hydrogens is 581 g/mol. The molecule has 0 aliphatic carbocycles. The maximum Gasteiger partial charge on any atom is 0.244 e. The first-order valence-corrected chi connectivity index (χ1v) is 16.0. The molecule has 1 N–H and O–H groups in total. The Morgan fingerprint density at radius 1 is 0.951 bits per heavy atom. The van der Waals surface area contributed by atoms with Crippen LogP contribution >= 0.6 is 23.2 Å². The number of carbonyl (C=O) groups excluding carboxylic acids is 2. The minimum absolute atomic E-state index is 0.0230. The van der Waals surface area contributed by atoms with Crippen molar-refractivity contribution < 1.29 is 18.0 Å². The number of amides is 2. The van der Waals surface area contributed by atoms with E-state index in [4.69, 9.17) is 23.2 Å². The van der Waals surface area contributed by atoms with Gasteiger partial charge in [0.2, 0.25) is 21.8 Å². The first-order chi connectivity index (χ1) is 19.3. The van der Waals surface area contributed by atoms with Gasteiger partial charge in [0.1, 0.15) is 12.6 Å². The predicted octanol–water partition coefficient (Wildman–Crippen LogP) is 5.93. The van der Waals surface area contributed by atoms with Gasteiger partial charge in [0.25, 0.3) is 0 Å². The number of aryl methyl sites for hydroxylation is 2. The number of nitrogens with zero attached hydrogens (tertiary/aromatic N) is 2. The molecule has 41 heavy (non-hydrogen) atoms. The predicted molar refractivity (Wildman–Crippen MR) is 167 cm³/mol. The van der Waals surface area contributed by atoms with Crippen LogP contribution in [0.5, 0.6) is 0 Å². The van der Waals surface area contributed by atoms with Crippen LogP contribution in [0.1, 0.15) is 42.5 Å². The second-order valence-corrected chi connectivity index (χ2v) is 13.1. The van der Waals surface area contributed by atoms with Crippen molar-refractivity contribution in [1.29, 1.82) is 0 Å². The zero-order valence-electron chi connectivity index (χ0n) is 24.0. The van der Waals surface area contributed by atoms with Crippen LogP contribution in [0.25, 0.3) is 0 Å². The molecule has 220 valence electrons. The van der Waals surface area contributed by atoms with Crippen LogP contribution in [0.3, 0.4) is 0 Å². The Hall–Kier alpha value is -3.07. The summed E-state index contributed by atoms with van der Waals surface area (Å²) in [4.78, 5) is 29.3. The monoisotopic (exact) mass is 617 g/mol. The number of benzene rings is 3. The van der Waals surface area contributed by atoms with Gasteiger partial charge in [0, 0.05) is 29.1 Å². The van der Waals surface area contributed by atoms with Crippen LogP contribution in [-0.4, -0.2) is 50.0 Å². The summed E-state index contributed by atoms with van der Waals surface area (Å²) in [6.45, 7) is 7.15. The molecule has 0 bridgehead atoms. The van der Waals surface area contributed by atoms with E-state index < -0.39 is 28.5 Å². The molecule has 3 aromatic rings. The highest BCUT2D eigenvalue weighted by atomic mass is 35.5. The topological polar surface area (TPSA) is 86.8 Å². The summed E-state index contributed by atoms with van der Waals surface area (Å²) in [5, 5.41) is 3.78. The minimum Gasteiger partial charge on any atom is -0.352 e. The van der Waals surface area contributed by atoms with E-state index in [-0.39, 0.29) is 24.9 Å². The first kappa shape index (κ1) is 32.4. The molecule has 0 saturated heterocycles. The molecule has 3 aromatic carbocycles. The Kier molecular flexibility index (Phi) is 11.2. The Morgan fingerprint density at radius 2 is 1.63 bits per heavy atom. The third kappa shape index (κ3) is 8.96. The highest BCUT2D eigenvalue weighted by Crippen LogP contribution is 2.26. The van der Waals surface area contributed by atoms with Crippen molar-refractivity contribution in [3.8, 4) is 0 Å². The fourth-order valence-electron chi connectivity index (χ4n) is 4.32. The number of nitrogens with one attached hydrogen (secondary N) is 1. The molecule has 3 rings (SSSR count). The van der Waals surface area contributed by atoms with Gasteiger partial charge in [-0.1, -0.05) is 72.6 Å². The SMILES string of the molecule is CC[C@@H](C)NC(=O)[C@H](Cc1ccccc1)N(Cc1ccc(Cl)cc1Cl)C(=O)CN(c1ccc(C)c(C)c1)S(C)(=O)=O. The summed E-state index contributed by atoms with van der Waals surface area (Å²) in [6.07, 6.45) is 1.99. The van der Waals surface area contributed by atoms with E-state index in [0.717, 1.165) is 27.3 Å². The quantitative estimate of drug-likeness (QED) is 0.273. The third-order valence-corrected chi connectivity index (χ3v) is 8.81. The molecule has 0 aliphatic heterocycles. The second kappa shape index (κ2) is 14.2. The zero-order chi connectivity index (χ0) is 30.3. The van der Waals surface area contributed by atoms with E-state index in [9.17, 15) is 18.0 Å². The average Bonchev–Trinajstić information content (AvgIpc) is 2.91. The van der Waals surface area contributed by atoms with Gasteiger partial charge in [-0.15, -0.1) is 0 Å². The molecule has 0 aromatic heterocycles. The third-order valence-electron chi connectivity index (χ3n) is 7.09. The van der Waals surface area contributed by atoms with Crippen LogP contribution in [0.2, 0.25) is 10.0 Å². The van der Waals surface area contributed by atoms with Crippen molar-refractivity contribution >= 4 is 50.7 Å². The maximum absolute atomic E-state index is 14.2. The van der Waals surface area contributed by atoms with E-state index in [0.29, 0.717) is 27.7 Å². The summed E-state index contributed by atoms with van der Waals surface area (Å²) in [5.41, 5.74) is 3.69. The largest absolute Gasteiger partial charge is 0.352 e. The van der Waals surface area contributed by atoms with Crippen LogP contribution in [0, 0.1) is 13.8 Å². The van der Waals surface area contributed by atoms with Crippen molar-refractivity contribution in [2.24, 2.45) is 0 Å². The molecular formula is C31H37Cl2N3O4S. The number of halogens is 2. The van der Waals surface area contributed by atoms with Gasteiger partial charge >= 0.3 is 0 Å². The van der Waals surface area contributed by atoms with Crippen LogP contribution in [0.4, 0.5) is 5.69 Å². The molecule has 0 saturated carbocycles. The Bertz CT molecular complexity index is 1480. The van der Waals surface area contributed by atoms with Gasteiger partial charge in [0.15, 0.2) is 0 Å². The Morgan fingerprint density at radius 3 is 2.22 bits per heavy atom. The van der Waals surface area contributed by atoms with Crippen LogP contribution in [0.15, 0.2) is 66.7 Å². The molecule has 0 unspecified atom stereocenters. The normalized spacial score (nSPS) is 12.9. The first-order valence-electron chi connectivity index (χ1n) is 13.4. The van der Waals surface area contributed by atoms with Crippen molar-refractivity contribution in [2.45, 2.75) is 59.2 Å². The van der Waals surface area contributed by atoms with Gasteiger partial charge in [-0.3, -0.25) is 13.9 Å². The van der Waals surface area contributed by atoms with Crippen molar-refractivity contribution in [1.82, 2.24) is 10.2 Å². The molecule has 7 nitrogen and oxygen atoms in total. The fourth-order valence-corrected chi connectivity index (χ4v) is 5.63. The second-order valence-electron chi connectivity index (χ2n) is 10.3. The van der Waals surface area contributed by atoms with E-state index >= 15 is 0 Å². The summed E-state index contributed by atoms with van der Waals surface area (Å²) < 4.78 is 27.0. The van der Waals surface area contributed by atoms with Gasteiger partial charge in [0.05, 0.1) is 11.9 Å². The fraction of sp³-hybridized carbons (Fsp3) is 0.355. The van der Waals surface area contributed by atoms with Crippen molar-refractivity contribution in [3.05, 3.63) is 99.0 Å². The van der Waals surface area contributed by atoms with Gasteiger partial charge < -0.3 is 10.2 Å². The highest BCUT2D eigenvalue weighted by molar-refractivity contribution is 7.92. The molecule has 2 amide bonds. The summed E-state index contributed by atoms with van der Waals surface area (Å²) in [6, 6.07) is 18.5. The molecule has 0 radical (unpaired) electrons. The maximum atomic E-state index is 14.2. The van der Waals surface area contributed by atoms with Gasteiger partial charge in [-0.05, 0) is 73.7 Å². The Labute approximate surface area is 253 Å². The molecule has 10 heteroatoms. The summed E-state index contributed by atoms with van der Waals surface area (Å²) in [7, 11) is -3.85. The molecule has 0 spiro atoms. The number of hydrogen-bond acceptors (Lipinski definition) is 4. The number of sulfonamides is 1. The summed E-state index contributed by atoms with van der Waals surface area (Å²) >= 11 is 12.6. The molecule has 0 fully saturated rings. The smallest absolute Gasteiger partial charge is 0.244 e. The lowest BCUT2D eigenvalue weighted by Crippen LogP contribution is -2.54. The molecule has 2 atom stereocenters. The standard InChI is InChI=1S/C31H37Cl2N3O4S/c1-6-23(4)34-31(38)29(17-24-10-8-7-9-11-24)35(19-25-13-14-26(32)18-28(25)33)30(37)20-36(41(5,39)40)27-15-12-21(2)22(3)16-27/h7-16,18,23,29H,6,17,19-20H2,1-5H3,(H,34,38)/t23-,29+/m1/s1. The van der Waals surface area contributed by atoms with Crippen LogP contribution in [-0.2, 0) is 32.6 Å². The number of hydrogen-bond donors (Lipinski definition) is 1. The lowest BCUT2D eigenvalue weighted by molar-refractivity contribution is -0.140. The van der Waals surface area contributed by atoms with Crippen LogP contribution < -0.4 is 9.62 Å². The van der Waals surface area contributed by atoms with E-state index in [1.807, 2.05) is 64.1 Å². The number of anilines is 1. The highest BCUT2D eigenvalue weighted by Gasteiger charge is 2.33. The van der Waals surface area contributed by atoms with Gasteiger partial charge in [-0.25, -0.2) is 8.42 Å². The Balaban J connectivity index is 2.10. The summed E-state index contributed by atoms with van der Waals surface area (Å²) in [5.74, 6) is -0.876. The molecule has 0 heterocycles. The van der Waals surface area contributed by atoms with Crippen molar-refractivity contribution in [2.75, 3.05) is 17.1 Å². The van der Waals surface area contributed by atoms with Crippen molar-refractivity contribution in [3.63, 3.8) is 0 Å². The van der Waals surface area contributed by atoms with Gasteiger partial charge in [-0.2, -0.15) is 0 Å². The minimum atomic E-state index is -3.85. The number of rotatable bonds is 12. The lowest BCUT2D eigenvalue weighted by Gasteiger charge is -2.34. The average molecular weight is 619 g/mol. The molecule has 0 aliphatic rings. The van der Waals surface area contributed by atoms with E-state index in [1.165, 1.54) is 4.90 Å². The van der Waals surface area contributed by atoms with E-state index in [2.05, 4.69) is 5.32 Å². The lowest BCUT2D eigenvalue weighted by atomic mass is 10.0.